The summed E-state index contributed by atoms with van der Waals surface area (Å²) in [6.07, 6.45) is -0.319. The molecule has 1 aromatic carbocycles. The highest BCUT2D eigenvalue weighted by atomic mass is 16.5. The quantitative estimate of drug-likeness (QED) is 0.682. The molecule has 0 aliphatic heterocycles. The summed E-state index contributed by atoms with van der Waals surface area (Å²) in [7, 11) is 0. The lowest BCUT2D eigenvalue weighted by Gasteiger charge is -2.26. The fourth-order valence-electron chi connectivity index (χ4n) is 1.35. The van der Waals surface area contributed by atoms with Gasteiger partial charge in [0.25, 0.3) is 0 Å². The van der Waals surface area contributed by atoms with Crippen LogP contribution in [0.25, 0.3) is 0 Å². The normalized spacial score (nSPS) is 12.7. The third-order valence-electron chi connectivity index (χ3n) is 3.26. The number of nitrogens with one attached hydrogen (secondary N) is 1. The monoisotopic (exact) mass is 277 g/mol. The highest BCUT2D eigenvalue weighted by molar-refractivity contribution is 6.32. The van der Waals surface area contributed by atoms with Crippen molar-refractivity contribution in [2.24, 2.45) is 5.41 Å². The number of hydrogen-bond acceptors (Lipinski definition) is 3. The maximum atomic E-state index is 11.7. The van der Waals surface area contributed by atoms with Crippen molar-refractivity contribution in [3.8, 4) is 0 Å². The van der Waals surface area contributed by atoms with E-state index >= 15 is 0 Å². The first-order valence-corrected chi connectivity index (χ1v) is 6.74. The summed E-state index contributed by atoms with van der Waals surface area (Å²) in [5, 5.41) is 2.56. The molecule has 110 valence electrons. The van der Waals surface area contributed by atoms with Crippen molar-refractivity contribution in [2.45, 2.75) is 47.3 Å². The standard InChI is InChI=1S/C16H23NO3/c1-11-6-8-13(9-7-11)10-17-14(18)15(19)20-12(2)16(3,4)5/h6-9,12H,10H2,1-5H3,(H,17,18)/t12-/m1/s1. The Hall–Kier alpha value is -1.84. The molecule has 20 heavy (non-hydrogen) atoms. The van der Waals surface area contributed by atoms with Crippen LogP contribution in [0.4, 0.5) is 0 Å². The molecule has 0 aliphatic carbocycles. The minimum atomic E-state index is -0.834. The molecule has 1 aromatic rings. The van der Waals surface area contributed by atoms with Crippen molar-refractivity contribution in [2.75, 3.05) is 0 Å². The van der Waals surface area contributed by atoms with E-state index in [0.29, 0.717) is 6.54 Å². The van der Waals surface area contributed by atoms with Crippen LogP contribution in [0.3, 0.4) is 0 Å². The zero-order valence-electron chi connectivity index (χ0n) is 12.8. The first-order valence-electron chi connectivity index (χ1n) is 6.74. The summed E-state index contributed by atoms with van der Waals surface area (Å²) in [5.41, 5.74) is 1.91. The van der Waals surface area contributed by atoms with Crippen molar-refractivity contribution < 1.29 is 14.3 Å². The van der Waals surface area contributed by atoms with Crippen molar-refractivity contribution in [3.05, 3.63) is 35.4 Å². The van der Waals surface area contributed by atoms with Gasteiger partial charge in [-0.25, -0.2) is 4.79 Å². The van der Waals surface area contributed by atoms with Crippen LogP contribution in [0.5, 0.6) is 0 Å². The molecule has 0 bridgehead atoms. The van der Waals surface area contributed by atoms with Gasteiger partial charge in [-0.05, 0) is 24.8 Å². The van der Waals surface area contributed by atoms with E-state index in [2.05, 4.69) is 5.32 Å². The number of ether oxygens (including phenoxy) is 1. The molecular formula is C16H23NO3. The molecule has 1 rings (SSSR count). The molecule has 1 atom stereocenters. The van der Waals surface area contributed by atoms with Gasteiger partial charge in [0, 0.05) is 6.54 Å². The summed E-state index contributed by atoms with van der Waals surface area (Å²) in [4.78, 5) is 23.3. The van der Waals surface area contributed by atoms with E-state index in [1.165, 1.54) is 0 Å². The van der Waals surface area contributed by atoms with E-state index in [4.69, 9.17) is 4.74 Å². The van der Waals surface area contributed by atoms with Gasteiger partial charge in [-0.1, -0.05) is 50.6 Å². The van der Waals surface area contributed by atoms with Crippen molar-refractivity contribution >= 4 is 11.9 Å². The number of carbonyl (C=O) groups excluding carboxylic acids is 2. The van der Waals surface area contributed by atoms with Gasteiger partial charge in [-0.15, -0.1) is 0 Å². The molecule has 4 nitrogen and oxygen atoms in total. The second kappa shape index (κ2) is 6.55. The number of aryl methyl sites for hydroxylation is 1. The molecule has 1 N–H and O–H groups in total. The van der Waals surface area contributed by atoms with Crippen LogP contribution in [0.2, 0.25) is 0 Å². The van der Waals surface area contributed by atoms with Crippen LogP contribution < -0.4 is 5.32 Å². The molecule has 0 saturated carbocycles. The van der Waals surface area contributed by atoms with Crippen LogP contribution in [0.1, 0.15) is 38.8 Å². The average Bonchev–Trinajstić information content (AvgIpc) is 2.36. The average molecular weight is 277 g/mol. The minimum Gasteiger partial charge on any atom is -0.455 e. The molecule has 1 amide bonds. The predicted molar refractivity (Wildman–Crippen MR) is 78.0 cm³/mol. The Morgan fingerprint density at radius 2 is 1.75 bits per heavy atom. The Morgan fingerprint density at radius 3 is 2.25 bits per heavy atom. The SMILES string of the molecule is Cc1ccc(CNC(=O)C(=O)O[C@H](C)C(C)(C)C)cc1. The zero-order valence-corrected chi connectivity index (χ0v) is 12.8. The van der Waals surface area contributed by atoms with Gasteiger partial charge in [0.05, 0.1) is 0 Å². The molecule has 0 spiro atoms. The maximum Gasteiger partial charge on any atom is 0.397 e. The van der Waals surface area contributed by atoms with Crippen LogP contribution in [0.15, 0.2) is 24.3 Å². The van der Waals surface area contributed by atoms with Crippen LogP contribution >= 0.6 is 0 Å². The van der Waals surface area contributed by atoms with Crippen molar-refractivity contribution in [1.82, 2.24) is 5.32 Å². The van der Waals surface area contributed by atoms with Crippen molar-refractivity contribution in [3.63, 3.8) is 0 Å². The van der Waals surface area contributed by atoms with Gasteiger partial charge in [-0.2, -0.15) is 0 Å². The topological polar surface area (TPSA) is 55.4 Å². The van der Waals surface area contributed by atoms with Gasteiger partial charge in [0.15, 0.2) is 0 Å². The molecular weight excluding hydrogens is 254 g/mol. The first-order chi connectivity index (χ1) is 9.20. The molecule has 0 fully saturated rings. The summed E-state index contributed by atoms with van der Waals surface area (Å²) in [6.45, 7) is 9.95. The molecule has 0 unspecified atom stereocenters. The lowest BCUT2D eigenvalue weighted by atomic mass is 9.90. The number of hydrogen-bond donors (Lipinski definition) is 1. The number of esters is 1. The van der Waals surface area contributed by atoms with Gasteiger partial charge in [0.2, 0.25) is 0 Å². The van der Waals surface area contributed by atoms with Crippen LogP contribution in [-0.4, -0.2) is 18.0 Å². The molecule has 4 heteroatoms. The smallest absolute Gasteiger partial charge is 0.397 e. The Bertz CT molecular complexity index is 471. The Labute approximate surface area is 120 Å². The first kappa shape index (κ1) is 16.2. The molecule has 0 heterocycles. The third kappa shape index (κ3) is 5.03. The second-order valence-electron chi connectivity index (χ2n) is 6.08. The molecule has 0 aliphatic rings. The summed E-state index contributed by atoms with van der Waals surface area (Å²) >= 11 is 0. The molecule has 0 saturated heterocycles. The Balaban J connectivity index is 2.46. The van der Waals surface area contributed by atoms with E-state index in [1.54, 1.807) is 6.92 Å². The molecule has 0 aromatic heterocycles. The Morgan fingerprint density at radius 1 is 1.20 bits per heavy atom. The zero-order chi connectivity index (χ0) is 15.3. The fourth-order valence-corrected chi connectivity index (χ4v) is 1.35. The maximum absolute atomic E-state index is 11.7. The Kier molecular flexibility index (Phi) is 5.31. The lowest BCUT2D eigenvalue weighted by Crippen LogP contribution is -2.37. The predicted octanol–water partition coefficient (Wildman–Crippen LogP) is 2.59. The van der Waals surface area contributed by atoms with Crippen LogP contribution in [-0.2, 0) is 20.9 Å². The molecule has 0 radical (unpaired) electrons. The van der Waals surface area contributed by atoms with Crippen LogP contribution in [0, 0.1) is 12.3 Å². The van der Waals surface area contributed by atoms with Gasteiger partial charge >= 0.3 is 11.9 Å². The van der Waals surface area contributed by atoms with Gasteiger partial charge in [-0.3, -0.25) is 4.79 Å². The third-order valence-corrected chi connectivity index (χ3v) is 3.26. The summed E-state index contributed by atoms with van der Waals surface area (Å²) < 4.78 is 5.13. The van der Waals surface area contributed by atoms with E-state index in [-0.39, 0.29) is 11.5 Å². The summed E-state index contributed by atoms with van der Waals surface area (Å²) in [5.74, 6) is -1.54. The number of amides is 1. The summed E-state index contributed by atoms with van der Waals surface area (Å²) in [6, 6.07) is 7.75. The largest absolute Gasteiger partial charge is 0.455 e. The van der Waals surface area contributed by atoms with Crippen molar-refractivity contribution in [1.29, 1.82) is 0 Å². The van der Waals surface area contributed by atoms with E-state index < -0.39 is 11.9 Å². The minimum absolute atomic E-state index is 0.188. The number of benzene rings is 1. The van der Waals surface area contributed by atoms with E-state index in [0.717, 1.165) is 11.1 Å². The highest BCUT2D eigenvalue weighted by Crippen LogP contribution is 2.21. The fraction of sp³-hybridized carbons (Fsp3) is 0.500. The van der Waals surface area contributed by atoms with E-state index in [1.807, 2.05) is 52.0 Å². The second-order valence-corrected chi connectivity index (χ2v) is 6.08. The van der Waals surface area contributed by atoms with Gasteiger partial charge in [0.1, 0.15) is 6.10 Å². The highest BCUT2D eigenvalue weighted by Gasteiger charge is 2.26. The van der Waals surface area contributed by atoms with Gasteiger partial charge < -0.3 is 10.1 Å². The van der Waals surface area contributed by atoms with E-state index in [9.17, 15) is 9.59 Å². The number of carbonyl (C=O) groups is 2. The lowest BCUT2D eigenvalue weighted by molar-refractivity contribution is -0.162. The number of rotatable bonds is 3.